The van der Waals surface area contributed by atoms with Gasteiger partial charge in [-0.2, -0.15) is 0 Å². The molecule has 4 unspecified atom stereocenters. The first-order valence-electron chi connectivity index (χ1n) is 8.70. The zero-order valence-electron chi connectivity index (χ0n) is 13.6. The van der Waals surface area contributed by atoms with E-state index in [0.717, 1.165) is 12.0 Å². The summed E-state index contributed by atoms with van der Waals surface area (Å²) in [6, 6.07) is 12.8. The lowest BCUT2D eigenvalue weighted by molar-refractivity contribution is 0.0903. The Hall–Kier alpha value is -2.62. The van der Waals surface area contributed by atoms with E-state index >= 15 is 0 Å². The van der Waals surface area contributed by atoms with Crippen LogP contribution in [-0.4, -0.2) is 11.9 Å². The van der Waals surface area contributed by atoms with Crippen molar-refractivity contribution in [2.75, 3.05) is 0 Å². The molecule has 1 heterocycles. The summed E-state index contributed by atoms with van der Waals surface area (Å²) in [5, 5.41) is 3.09. The molecule has 4 heteroatoms. The SMILES string of the molecule is O=C1NC2C3C=CC(C3)C2c2c(F)ccc(OCc3ccccc3)c21. The molecular weight excluding hydrogens is 317 g/mol. The number of rotatable bonds is 3. The van der Waals surface area contributed by atoms with E-state index < -0.39 is 0 Å². The number of halogens is 1. The van der Waals surface area contributed by atoms with Gasteiger partial charge in [0.1, 0.15) is 18.2 Å². The lowest BCUT2D eigenvalue weighted by atomic mass is 9.77. The molecule has 2 aromatic rings. The fourth-order valence-corrected chi connectivity index (χ4v) is 4.63. The molecule has 0 spiro atoms. The predicted octanol–water partition coefficient (Wildman–Crippen LogP) is 3.81. The molecule has 25 heavy (non-hydrogen) atoms. The smallest absolute Gasteiger partial charge is 0.255 e. The number of benzene rings is 2. The van der Waals surface area contributed by atoms with E-state index in [4.69, 9.17) is 4.74 Å². The Morgan fingerprint density at radius 2 is 1.88 bits per heavy atom. The Morgan fingerprint density at radius 1 is 1.08 bits per heavy atom. The molecule has 4 atom stereocenters. The van der Waals surface area contributed by atoms with Crippen molar-refractivity contribution in [3.63, 3.8) is 0 Å². The number of carbonyl (C=O) groups is 1. The standard InChI is InChI=1S/C21H18FNO2/c22-15-8-9-16(25-11-12-4-2-1-3-5-12)19-18(15)17-13-6-7-14(10-13)20(17)23-21(19)24/h1-9,13-14,17,20H,10-11H2,(H,23,24). The minimum absolute atomic E-state index is 0.00822. The van der Waals surface area contributed by atoms with Gasteiger partial charge in [-0.3, -0.25) is 4.79 Å². The molecule has 2 aliphatic carbocycles. The van der Waals surface area contributed by atoms with Crippen molar-refractivity contribution in [3.05, 3.63) is 77.1 Å². The second-order valence-corrected chi connectivity index (χ2v) is 7.08. The molecule has 5 rings (SSSR count). The fraction of sp³-hybridized carbons (Fsp3) is 0.286. The number of nitrogens with one attached hydrogen (secondary N) is 1. The van der Waals surface area contributed by atoms with Gasteiger partial charge >= 0.3 is 0 Å². The first kappa shape index (κ1) is 14.7. The fourth-order valence-electron chi connectivity index (χ4n) is 4.63. The van der Waals surface area contributed by atoms with Gasteiger partial charge < -0.3 is 10.1 Å². The minimum atomic E-state index is -0.298. The van der Waals surface area contributed by atoms with E-state index in [9.17, 15) is 9.18 Å². The van der Waals surface area contributed by atoms with Crippen molar-refractivity contribution in [2.45, 2.75) is 25.0 Å². The summed E-state index contributed by atoms with van der Waals surface area (Å²) in [5.41, 5.74) is 1.92. The molecule has 126 valence electrons. The summed E-state index contributed by atoms with van der Waals surface area (Å²) in [6.45, 7) is 0.353. The van der Waals surface area contributed by atoms with Crippen LogP contribution in [0.5, 0.6) is 5.75 Å². The third-order valence-corrected chi connectivity index (χ3v) is 5.71. The summed E-state index contributed by atoms with van der Waals surface area (Å²) in [5.74, 6) is 0.576. The molecule has 1 aliphatic heterocycles. The summed E-state index contributed by atoms with van der Waals surface area (Å²) in [7, 11) is 0. The molecule has 2 bridgehead atoms. The highest BCUT2D eigenvalue weighted by atomic mass is 19.1. The van der Waals surface area contributed by atoms with Crippen LogP contribution in [-0.2, 0) is 6.61 Å². The Morgan fingerprint density at radius 3 is 2.72 bits per heavy atom. The van der Waals surface area contributed by atoms with Crippen molar-refractivity contribution in [3.8, 4) is 5.75 Å². The van der Waals surface area contributed by atoms with Crippen molar-refractivity contribution >= 4 is 5.91 Å². The molecular formula is C21H18FNO2. The first-order chi connectivity index (χ1) is 12.2. The molecule has 0 aromatic heterocycles. The number of hydrogen-bond donors (Lipinski definition) is 1. The number of carbonyl (C=O) groups excluding carboxylic acids is 1. The predicted molar refractivity (Wildman–Crippen MR) is 91.9 cm³/mol. The molecule has 1 amide bonds. The molecule has 1 N–H and O–H groups in total. The third kappa shape index (κ3) is 2.20. The Bertz CT molecular complexity index is 877. The van der Waals surface area contributed by atoms with Crippen molar-refractivity contribution in [1.82, 2.24) is 5.32 Å². The zero-order valence-corrected chi connectivity index (χ0v) is 13.6. The second-order valence-electron chi connectivity index (χ2n) is 7.08. The molecule has 3 nitrogen and oxygen atoms in total. The third-order valence-electron chi connectivity index (χ3n) is 5.71. The molecule has 0 saturated heterocycles. The van der Waals surface area contributed by atoms with Gasteiger partial charge in [0, 0.05) is 17.5 Å². The van der Waals surface area contributed by atoms with E-state index in [0.29, 0.717) is 35.3 Å². The Balaban J connectivity index is 1.54. The van der Waals surface area contributed by atoms with Gasteiger partial charge in [0.2, 0.25) is 0 Å². The maximum atomic E-state index is 14.7. The molecule has 2 aromatic carbocycles. The number of ether oxygens (including phenoxy) is 1. The maximum Gasteiger partial charge on any atom is 0.255 e. The van der Waals surface area contributed by atoms with Gasteiger partial charge in [0.25, 0.3) is 5.91 Å². The average molecular weight is 335 g/mol. The highest BCUT2D eigenvalue weighted by Crippen LogP contribution is 2.53. The van der Waals surface area contributed by atoms with Crippen LogP contribution < -0.4 is 10.1 Å². The van der Waals surface area contributed by atoms with Crippen LogP contribution in [0.2, 0.25) is 0 Å². The van der Waals surface area contributed by atoms with Gasteiger partial charge in [-0.05, 0) is 36.0 Å². The minimum Gasteiger partial charge on any atom is -0.488 e. The van der Waals surface area contributed by atoms with E-state index in [2.05, 4.69) is 17.5 Å². The number of hydrogen-bond acceptors (Lipinski definition) is 2. The van der Waals surface area contributed by atoms with Crippen LogP contribution in [0, 0.1) is 17.7 Å². The van der Waals surface area contributed by atoms with Gasteiger partial charge in [0.15, 0.2) is 0 Å². The van der Waals surface area contributed by atoms with Gasteiger partial charge in [-0.25, -0.2) is 4.39 Å². The highest BCUT2D eigenvalue weighted by molar-refractivity contribution is 6.00. The summed E-state index contributed by atoms with van der Waals surface area (Å²) in [4.78, 5) is 12.7. The van der Waals surface area contributed by atoms with Crippen LogP contribution >= 0.6 is 0 Å². The van der Waals surface area contributed by atoms with Gasteiger partial charge in [0.05, 0.1) is 5.56 Å². The molecule has 1 fully saturated rings. The highest BCUT2D eigenvalue weighted by Gasteiger charge is 2.51. The van der Waals surface area contributed by atoms with Crippen molar-refractivity contribution in [2.24, 2.45) is 11.8 Å². The van der Waals surface area contributed by atoms with Gasteiger partial charge in [-0.1, -0.05) is 42.5 Å². The zero-order chi connectivity index (χ0) is 17.0. The average Bonchev–Trinajstić information content (AvgIpc) is 3.24. The molecule has 3 aliphatic rings. The van der Waals surface area contributed by atoms with Crippen LogP contribution in [0.1, 0.15) is 33.8 Å². The summed E-state index contributed by atoms with van der Waals surface area (Å²) >= 11 is 0. The normalized spacial score (nSPS) is 28.4. The van der Waals surface area contributed by atoms with E-state index in [1.807, 2.05) is 30.3 Å². The largest absolute Gasteiger partial charge is 0.488 e. The number of allylic oxidation sites excluding steroid dienone is 1. The molecule has 1 saturated carbocycles. The Kier molecular flexibility index (Phi) is 3.20. The summed E-state index contributed by atoms with van der Waals surface area (Å²) < 4.78 is 20.6. The van der Waals surface area contributed by atoms with Crippen LogP contribution in [0.25, 0.3) is 0 Å². The second kappa shape index (κ2) is 5.45. The lowest BCUT2D eigenvalue weighted by Gasteiger charge is -2.35. The van der Waals surface area contributed by atoms with Crippen LogP contribution in [0.15, 0.2) is 54.6 Å². The number of amides is 1. The van der Waals surface area contributed by atoms with Gasteiger partial charge in [-0.15, -0.1) is 0 Å². The first-order valence-corrected chi connectivity index (χ1v) is 8.70. The lowest BCUT2D eigenvalue weighted by Crippen LogP contribution is -2.47. The van der Waals surface area contributed by atoms with Crippen LogP contribution in [0.4, 0.5) is 4.39 Å². The topological polar surface area (TPSA) is 38.3 Å². The van der Waals surface area contributed by atoms with E-state index in [1.54, 1.807) is 6.07 Å². The van der Waals surface area contributed by atoms with E-state index in [-0.39, 0.29) is 23.7 Å². The monoisotopic (exact) mass is 335 g/mol. The Labute approximate surface area is 145 Å². The van der Waals surface area contributed by atoms with Crippen LogP contribution in [0.3, 0.4) is 0 Å². The summed E-state index contributed by atoms with van der Waals surface area (Å²) in [6.07, 6.45) is 5.32. The molecule has 0 radical (unpaired) electrons. The maximum absolute atomic E-state index is 14.7. The number of fused-ring (bicyclic) bond motifs is 7. The van der Waals surface area contributed by atoms with E-state index in [1.165, 1.54) is 6.07 Å². The quantitative estimate of drug-likeness (QED) is 0.867. The van der Waals surface area contributed by atoms with Crippen molar-refractivity contribution < 1.29 is 13.9 Å². The van der Waals surface area contributed by atoms with Crippen molar-refractivity contribution in [1.29, 1.82) is 0 Å².